The van der Waals surface area contributed by atoms with E-state index in [4.69, 9.17) is 0 Å². The molecule has 192 valence electrons. The molecular formula is C25H44O6S2. The van der Waals surface area contributed by atoms with Crippen LogP contribution in [-0.2, 0) is 31.2 Å². The van der Waals surface area contributed by atoms with Gasteiger partial charge in [0.1, 0.15) is 0 Å². The molecule has 6 atom stereocenters. The van der Waals surface area contributed by atoms with Gasteiger partial charge in [-0.2, -0.15) is 0 Å². The Morgan fingerprint density at radius 1 is 0.636 bits per heavy atom. The second-order valence-electron chi connectivity index (χ2n) is 11.4. The number of hydrogen-bond acceptors (Lipinski definition) is 4. The van der Waals surface area contributed by atoms with Crippen molar-refractivity contribution in [3.05, 3.63) is 0 Å². The summed E-state index contributed by atoms with van der Waals surface area (Å²) >= 11 is 0. The number of carboxylic acids is 2. The lowest BCUT2D eigenvalue weighted by atomic mass is 9.87. The molecule has 6 unspecified atom stereocenters. The van der Waals surface area contributed by atoms with Crippen LogP contribution in [-0.4, -0.2) is 51.6 Å². The average molecular weight is 505 g/mol. The van der Waals surface area contributed by atoms with Gasteiger partial charge in [-0.25, -0.2) is 0 Å². The summed E-state index contributed by atoms with van der Waals surface area (Å²) in [4.78, 5) is 22.5. The predicted octanol–water partition coefficient (Wildman–Crippen LogP) is 5.28. The minimum atomic E-state index is -0.844. The maximum absolute atomic E-state index is 12.9. The number of carbonyl (C=O) groups is 2. The van der Waals surface area contributed by atoms with E-state index in [-0.39, 0.29) is 21.0 Å². The maximum atomic E-state index is 12.9. The van der Waals surface area contributed by atoms with Gasteiger partial charge >= 0.3 is 11.9 Å². The van der Waals surface area contributed by atoms with E-state index in [1.807, 2.05) is 0 Å². The monoisotopic (exact) mass is 504 g/mol. The van der Waals surface area contributed by atoms with E-state index in [9.17, 15) is 28.2 Å². The molecule has 0 aromatic carbocycles. The van der Waals surface area contributed by atoms with Crippen molar-refractivity contribution in [3.63, 3.8) is 0 Å². The second kappa shape index (κ2) is 12.3. The molecule has 0 aliphatic carbocycles. The molecule has 2 aliphatic heterocycles. The predicted molar refractivity (Wildman–Crippen MR) is 134 cm³/mol. The van der Waals surface area contributed by atoms with E-state index in [0.717, 1.165) is 70.6 Å². The smallest absolute Gasteiger partial charge is 0.309 e. The van der Waals surface area contributed by atoms with Gasteiger partial charge in [0.05, 0.1) is 10.8 Å². The highest BCUT2D eigenvalue weighted by atomic mass is 32.2. The van der Waals surface area contributed by atoms with Crippen LogP contribution >= 0.6 is 0 Å². The van der Waals surface area contributed by atoms with Crippen LogP contribution in [0, 0.1) is 10.8 Å². The molecule has 33 heavy (non-hydrogen) atoms. The molecule has 2 aliphatic rings. The first-order valence-corrected chi connectivity index (χ1v) is 15.2. The summed E-state index contributed by atoms with van der Waals surface area (Å²) in [6.07, 6.45) is 11.2. The average Bonchev–Trinajstić information content (AvgIpc) is 3.25. The molecule has 0 spiro atoms. The molecule has 2 rings (SSSR count). The fourth-order valence-corrected chi connectivity index (χ4v) is 9.28. The Morgan fingerprint density at radius 3 is 1.18 bits per heavy atom. The van der Waals surface area contributed by atoms with Crippen molar-refractivity contribution in [2.24, 2.45) is 10.8 Å². The van der Waals surface area contributed by atoms with E-state index in [0.29, 0.717) is 12.8 Å². The van der Waals surface area contributed by atoms with Gasteiger partial charge in [0.2, 0.25) is 0 Å². The molecule has 0 aromatic rings. The highest BCUT2D eigenvalue weighted by Gasteiger charge is 2.36. The van der Waals surface area contributed by atoms with E-state index < -0.39 is 44.4 Å². The second-order valence-corrected chi connectivity index (χ2v) is 15.4. The molecule has 2 heterocycles. The van der Waals surface area contributed by atoms with E-state index >= 15 is 0 Å². The van der Waals surface area contributed by atoms with Gasteiger partial charge in [0, 0.05) is 42.6 Å². The largest absolute Gasteiger partial charge is 0.481 e. The molecule has 6 nitrogen and oxygen atoms in total. The number of hydrogen-bond donors (Lipinski definition) is 2. The number of aliphatic carboxylic acids is 2. The van der Waals surface area contributed by atoms with Gasteiger partial charge in [-0.15, -0.1) is 0 Å². The summed E-state index contributed by atoms with van der Waals surface area (Å²) in [6, 6.07) is 0. The first kappa shape index (κ1) is 28.5. The van der Waals surface area contributed by atoms with Crippen LogP contribution in [0.3, 0.4) is 0 Å². The van der Waals surface area contributed by atoms with Gasteiger partial charge in [-0.3, -0.25) is 18.0 Å². The van der Waals surface area contributed by atoms with Crippen LogP contribution in [0.5, 0.6) is 0 Å². The topological polar surface area (TPSA) is 109 Å². The summed E-state index contributed by atoms with van der Waals surface area (Å²) < 4.78 is 25.8. The highest BCUT2D eigenvalue weighted by molar-refractivity contribution is 7.86. The number of carboxylic acid groups (broad SMARTS) is 2. The van der Waals surface area contributed by atoms with Crippen LogP contribution in [0.4, 0.5) is 0 Å². The molecule has 0 radical (unpaired) electrons. The third kappa shape index (κ3) is 8.15. The first-order chi connectivity index (χ1) is 15.3. The van der Waals surface area contributed by atoms with Crippen LogP contribution in [0.1, 0.15) is 111 Å². The van der Waals surface area contributed by atoms with Crippen molar-refractivity contribution in [3.8, 4) is 0 Å². The minimum Gasteiger partial charge on any atom is -0.481 e. The van der Waals surface area contributed by atoms with Gasteiger partial charge in [-0.1, -0.05) is 19.3 Å². The lowest BCUT2D eigenvalue weighted by Gasteiger charge is -2.20. The van der Waals surface area contributed by atoms with Gasteiger partial charge in [0.15, 0.2) is 0 Å². The van der Waals surface area contributed by atoms with Crippen molar-refractivity contribution in [2.45, 2.75) is 132 Å². The number of rotatable bonds is 14. The van der Waals surface area contributed by atoms with Crippen molar-refractivity contribution in [1.82, 2.24) is 0 Å². The first-order valence-electron chi connectivity index (χ1n) is 12.6. The quantitative estimate of drug-likeness (QED) is 0.333. The SMILES string of the molecule is CC(C)(CCCC1CCC(CCCC2CCC(CCCC(C)(C)C(=O)O)S2=O)S1=O)C(=O)O. The zero-order valence-electron chi connectivity index (χ0n) is 20.8. The molecule has 0 aromatic heterocycles. The van der Waals surface area contributed by atoms with Crippen molar-refractivity contribution in [1.29, 1.82) is 0 Å². The zero-order valence-corrected chi connectivity index (χ0v) is 22.5. The zero-order chi connectivity index (χ0) is 24.8. The molecule has 2 saturated heterocycles. The molecule has 2 fully saturated rings. The van der Waals surface area contributed by atoms with Gasteiger partial charge < -0.3 is 10.2 Å². The van der Waals surface area contributed by atoms with Crippen molar-refractivity contribution < 1.29 is 28.2 Å². The van der Waals surface area contributed by atoms with Gasteiger partial charge in [-0.05, 0) is 91.9 Å². The standard InChI is InChI=1S/C25H44O6S2/c1-24(2,22(26)27)16-6-10-20-14-12-18(32(20)30)8-5-9-19-13-15-21(33(19)31)11-7-17-25(3,4)23(28)29/h18-21H,5-17H2,1-4H3,(H,26,27)(H,28,29). The summed E-state index contributed by atoms with van der Waals surface area (Å²) in [6.45, 7) is 6.99. The Morgan fingerprint density at radius 2 is 0.909 bits per heavy atom. The molecule has 0 saturated carbocycles. The van der Waals surface area contributed by atoms with Crippen LogP contribution < -0.4 is 0 Å². The van der Waals surface area contributed by atoms with E-state index in [1.165, 1.54) is 0 Å². The fraction of sp³-hybridized carbons (Fsp3) is 0.920. The molecule has 0 bridgehead atoms. The van der Waals surface area contributed by atoms with Crippen LogP contribution in [0.15, 0.2) is 0 Å². The molecule has 2 N–H and O–H groups in total. The third-order valence-corrected chi connectivity index (χ3v) is 12.3. The molecular weight excluding hydrogens is 460 g/mol. The van der Waals surface area contributed by atoms with Crippen LogP contribution in [0.2, 0.25) is 0 Å². The van der Waals surface area contributed by atoms with Gasteiger partial charge in [0.25, 0.3) is 0 Å². The summed E-state index contributed by atoms with van der Waals surface area (Å²) in [5.41, 5.74) is -1.44. The Kier molecular flexibility index (Phi) is 10.6. The minimum absolute atomic E-state index is 0.194. The summed E-state index contributed by atoms with van der Waals surface area (Å²) in [7, 11) is -1.69. The highest BCUT2D eigenvalue weighted by Crippen LogP contribution is 2.35. The summed E-state index contributed by atoms with van der Waals surface area (Å²) in [5.74, 6) is -1.55. The molecule has 0 amide bonds. The Labute approximate surface area is 204 Å². The Bertz CT molecular complexity index is 672. The van der Waals surface area contributed by atoms with Crippen molar-refractivity contribution in [2.75, 3.05) is 0 Å². The molecule has 8 heteroatoms. The van der Waals surface area contributed by atoms with Crippen molar-refractivity contribution >= 4 is 33.5 Å². The summed E-state index contributed by atoms with van der Waals surface area (Å²) in [5, 5.41) is 19.3. The Balaban J connectivity index is 1.66. The Hall–Kier alpha value is -0.760. The normalized spacial score (nSPS) is 30.5. The lowest BCUT2D eigenvalue weighted by Crippen LogP contribution is -2.24. The van der Waals surface area contributed by atoms with E-state index in [2.05, 4.69) is 0 Å². The van der Waals surface area contributed by atoms with E-state index in [1.54, 1.807) is 27.7 Å². The fourth-order valence-electron chi connectivity index (χ4n) is 5.12. The van der Waals surface area contributed by atoms with Crippen LogP contribution in [0.25, 0.3) is 0 Å². The lowest BCUT2D eigenvalue weighted by molar-refractivity contribution is -0.148. The maximum Gasteiger partial charge on any atom is 0.309 e. The third-order valence-electron chi connectivity index (χ3n) is 7.80.